The first-order chi connectivity index (χ1) is 12.5. The van der Waals surface area contributed by atoms with Gasteiger partial charge in [0.25, 0.3) is 5.91 Å². The van der Waals surface area contributed by atoms with Crippen LogP contribution in [0.5, 0.6) is 11.5 Å². The Kier molecular flexibility index (Phi) is 6.90. The molecule has 0 saturated heterocycles. The second-order valence-corrected chi connectivity index (χ2v) is 5.99. The molecular formula is C19H16Cl2N2O3. The number of nitriles is 1. The molecule has 7 heteroatoms. The minimum absolute atomic E-state index is 0.187. The first-order valence-electron chi connectivity index (χ1n) is 7.70. The van der Waals surface area contributed by atoms with Gasteiger partial charge in [0.2, 0.25) is 0 Å². The molecule has 0 unspecified atom stereocenters. The van der Waals surface area contributed by atoms with E-state index >= 15 is 0 Å². The van der Waals surface area contributed by atoms with Gasteiger partial charge in [0, 0.05) is 10.6 Å². The monoisotopic (exact) mass is 390 g/mol. The van der Waals surface area contributed by atoms with Crippen LogP contribution in [0.4, 0.5) is 0 Å². The summed E-state index contributed by atoms with van der Waals surface area (Å²) in [5.74, 6) is -0.0798. The largest absolute Gasteiger partial charge is 0.490 e. The zero-order valence-corrected chi connectivity index (χ0v) is 15.5. The molecule has 0 aromatic heterocycles. The standard InChI is InChI=1S/C19H16Cl2N2O3/c1-2-25-17-9-12(7-14(10-22)19(23)24)8-16(21)18(17)26-11-13-5-3-4-6-15(13)20/h3-9H,2,11H2,1H3,(H2,23,24)/b14-7-. The fourth-order valence-corrected chi connectivity index (χ4v) is 2.63. The zero-order chi connectivity index (χ0) is 19.1. The molecule has 0 saturated carbocycles. The van der Waals surface area contributed by atoms with Gasteiger partial charge in [-0.25, -0.2) is 0 Å². The number of ether oxygens (including phenoxy) is 2. The summed E-state index contributed by atoms with van der Waals surface area (Å²) < 4.78 is 11.4. The number of hydrogen-bond donors (Lipinski definition) is 1. The van der Waals surface area contributed by atoms with Crippen LogP contribution in [0.1, 0.15) is 18.1 Å². The van der Waals surface area contributed by atoms with Gasteiger partial charge in [0.05, 0.1) is 11.6 Å². The third kappa shape index (κ3) is 4.92. The molecule has 2 aromatic rings. The molecule has 0 aliphatic rings. The van der Waals surface area contributed by atoms with Gasteiger partial charge in [-0.15, -0.1) is 0 Å². The van der Waals surface area contributed by atoms with Crippen LogP contribution >= 0.6 is 23.2 Å². The van der Waals surface area contributed by atoms with Crippen molar-refractivity contribution in [2.75, 3.05) is 6.61 Å². The van der Waals surface area contributed by atoms with Gasteiger partial charge < -0.3 is 15.2 Å². The predicted molar refractivity (Wildman–Crippen MR) is 101 cm³/mol. The third-order valence-corrected chi connectivity index (χ3v) is 4.01. The molecule has 134 valence electrons. The summed E-state index contributed by atoms with van der Waals surface area (Å²) in [7, 11) is 0. The number of rotatable bonds is 7. The maximum Gasteiger partial charge on any atom is 0.259 e. The Balaban J connectivity index is 2.36. The Morgan fingerprint density at radius 2 is 1.96 bits per heavy atom. The van der Waals surface area contributed by atoms with Crippen molar-refractivity contribution < 1.29 is 14.3 Å². The van der Waals surface area contributed by atoms with Crippen LogP contribution in [0.3, 0.4) is 0 Å². The summed E-state index contributed by atoms with van der Waals surface area (Å²) in [6.07, 6.45) is 1.34. The lowest BCUT2D eigenvalue weighted by atomic mass is 10.1. The molecule has 1 amide bonds. The van der Waals surface area contributed by atoms with Crippen molar-refractivity contribution in [2.45, 2.75) is 13.5 Å². The predicted octanol–water partition coefficient (Wildman–Crippen LogP) is 4.36. The molecule has 0 heterocycles. The van der Waals surface area contributed by atoms with E-state index in [1.807, 2.05) is 25.1 Å². The van der Waals surface area contributed by atoms with Gasteiger partial charge in [-0.05, 0) is 36.8 Å². The van der Waals surface area contributed by atoms with Crippen molar-refractivity contribution in [1.82, 2.24) is 0 Å². The molecule has 26 heavy (non-hydrogen) atoms. The van der Waals surface area contributed by atoms with E-state index in [0.717, 1.165) is 5.56 Å². The Morgan fingerprint density at radius 1 is 1.23 bits per heavy atom. The smallest absolute Gasteiger partial charge is 0.259 e. The number of nitrogens with zero attached hydrogens (tertiary/aromatic N) is 1. The minimum atomic E-state index is -0.819. The van der Waals surface area contributed by atoms with Gasteiger partial charge in [0.1, 0.15) is 18.2 Å². The normalized spacial score (nSPS) is 10.9. The molecule has 2 aromatic carbocycles. The highest BCUT2D eigenvalue weighted by Gasteiger charge is 2.14. The van der Waals surface area contributed by atoms with E-state index in [1.165, 1.54) is 6.08 Å². The van der Waals surface area contributed by atoms with Gasteiger partial charge in [-0.3, -0.25) is 4.79 Å². The zero-order valence-electron chi connectivity index (χ0n) is 14.0. The molecule has 2 rings (SSSR count). The Labute approximate surface area is 161 Å². The van der Waals surface area contributed by atoms with E-state index in [4.69, 9.17) is 43.7 Å². The van der Waals surface area contributed by atoms with E-state index < -0.39 is 5.91 Å². The Hall–Kier alpha value is -2.68. The van der Waals surface area contributed by atoms with Crippen LogP contribution in [-0.2, 0) is 11.4 Å². The first kappa shape index (κ1) is 19.6. The molecule has 0 aliphatic heterocycles. The quantitative estimate of drug-likeness (QED) is 0.561. The second kappa shape index (κ2) is 9.14. The van der Waals surface area contributed by atoms with Gasteiger partial charge in [-0.2, -0.15) is 5.26 Å². The van der Waals surface area contributed by atoms with Crippen LogP contribution in [0, 0.1) is 11.3 Å². The average Bonchev–Trinajstić information content (AvgIpc) is 2.60. The highest BCUT2D eigenvalue weighted by atomic mass is 35.5. The lowest BCUT2D eigenvalue weighted by molar-refractivity contribution is -0.114. The second-order valence-electron chi connectivity index (χ2n) is 5.18. The molecule has 0 radical (unpaired) electrons. The maximum atomic E-state index is 11.2. The van der Waals surface area contributed by atoms with Crippen molar-refractivity contribution in [3.05, 3.63) is 63.1 Å². The molecule has 5 nitrogen and oxygen atoms in total. The highest BCUT2D eigenvalue weighted by molar-refractivity contribution is 6.32. The molecule has 0 fully saturated rings. The summed E-state index contributed by atoms with van der Waals surface area (Å²) in [5, 5.41) is 9.83. The van der Waals surface area contributed by atoms with E-state index in [0.29, 0.717) is 28.7 Å². The number of hydrogen-bond acceptors (Lipinski definition) is 4. The van der Waals surface area contributed by atoms with Gasteiger partial charge in [-0.1, -0.05) is 41.4 Å². The van der Waals surface area contributed by atoms with E-state index in [2.05, 4.69) is 0 Å². The summed E-state index contributed by atoms with van der Waals surface area (Å²) in [5.41, 5.74) is 6.27. The SMILES string of the molecule is CCOc1cc(/C=C(/C#N)C(N)=O)cc(Cl)c1OCc1ccccc1Cl. The lowest BCUT2D eigenvalue weighted by Crippen LogP contribution is -2.12. The van der Waals surface area contributed by atoms with Crippen molar-refractivity contribution in [3.63, 3.8) is 0 Å². The van der Waals surface area contributed by atoms with Crippen LogP contribution in [0.25, 0.3) is 6.08 Å². The van der Waals surface area contributed by atoms with Crippen molar-refractivity contribution in [1.29, 1.82) is 5.26 Å². The molecule has 0 aliphatic carbocycles. The van der Waals surface area contributed by atoms with Crippen molar-refractivity contribution >= 4 is 35.2 Å². The summed E-state index contributed by atoms with van der Waals surface area (Å²) in [6.45, 7) is 2.41. The summed E-state index contributed by atoms with van der Waals surface area (Å²) >= 11 is 12.4. The number of amides is 1. The lowest BCUT2D eigenvalue weighted by Gasteiger charge is -2.15. The topological polar surface area (TPSA) is 85.3 Å². The molecule has 0 spiro atoms. The number of halogens is 2. The molecular weight excluding hydrogens is 375 g/mol. The summed E-state index contributed by atoms with van der Waals surface area (Å²) in [6, 6.07) is 12.2. The van der Waals surface area contributed by atoms with E-state index in [-0.39, 0.29) is 17.2 Å². The van der Waals surface area contributed by atoms with E-state index in [1.54, 1.807) is 24.3 Å². The van der Waals surface area contributed by atoms with E-state index in [9.17, 15) is 4.79 Å². The molecule has 0 bridgehead atoms. The van der Waals surface area contributed by atoms with Crippen molar-refractivity contribution in [2.24, 2.45) is 5.73 Å². The number of carbonyl (C=O) groups is 1. The number of carbonyl (C=O) groups excluding carboxylic acids is 1. The summed E-state index contributed by atoms with van der Waals surface area (Å²) in [4.78, 5) is 11.2. The minimum Gasteiger partial charge on any atom is -0.490 e. The van der Waals surface area contributed by atoms with Crippen LogP contribution in [-0.4, -0.2) is 12.5 Å². The van der Waals surface area contributed by atoms with Crippen molar-refractivity contribution in [3.8, 4) is 17.6 Å². The van der Waals surface area contributed by atoms with Crippen LogP contribution < -0.4 is 15.2 Å². The maximum absolute atomic E-state index is 11.2. The Bertz CT molecular complexity index is 889. The molecule has 2 N–H and O–H groups in total. The Morgan fingerprint density at radius 3 is 2.58 bits per heavy atom. The van der Waals surface area contributed by atoms with Crippen LogP contribution in [0.2, 0.25) is 10.0 Å². The number of benzene rings is 2. The van der Waals surface area contributed by atoms with Crippen LogP contribution in [0.15, 0.2) is 42.0 Å². The van der Waals surface area contributed by atoms with Gasteiger partial charge in [0.15, 0.2) is 11.5 Å². The number of nitrogens with two attached hydrogens (primary N) is 1. The first-order valence-corrected chi connectivity index (χ1v) is 8.46. The average molecular weight is 391 g/mol. The number of primary amides is 1. The third-order valence-electron chi connectivity index (χ3n) is 3.36. The fraction of sp³-hybridized carbons (Fsp3) is 0.158. The fourth-order valence-electron chi connectivity index (χ4n) is 2.16. The highest BCUT2D eigenvalue weighted by Crippen LogP contribution is 2.38. The molecule has 0 atom stereocenters. The van der Waals surface area contributed by atoms with Gasteiger partial charge >= 0.3 is 0 Å².